The fourth-order valence-electron chi connectivity index (χ4n) is 1.51. The Morgan fingerprint density at radius 2 is 2.12 bits per heavy atom. The highest BCUT2D eigenvalue weighted by Crippen LogP contribution is 2.30. The minimum Gasteiger partial charge on any atom is -0.490 e. The van der Waals surface area contributed by atoms with E-state index in [0.717, 1.165) is 0 Å². The lowest BCUT2D eigenvalue weighted by Crippen LogP contribution is -2.07. The van der Waals surface area contributed by atoms with Crippen LogP contribution >= 0.6 is 12.4 Å². The lowest BCUT2D eigenvalue weighted by Gasteiger charge is -2.09. The van der Waals surface area contributed by atoms with Gasteiger partial charge >= 0.3 is 0 Å². The van der Waals surface area contributed by atoms with Crippen LogP contribution in [0.25, 0.3) is 0 Å². The van der Waals surface area contributed by atoms with Crippen molar-refractivity contribution in [3.63, 3.8) is 0 Å². The fraction of sp³-hybridized carbons (Fsp3) is 0.500. The highest BCUT2D eigenvalue weighted by atomic mass is 35.5. The van der Waals surface area contributed by atoms with Gasteiger partial charge in [-0.3, -0.25) is 0 Å². The van der Waals surface area contributed by atoms with Crippen molar-refractivity contribution in [2.24, 2.45) is 11.7 Å². The van der Waals surface area contributed by atoms with E-state index < -0.39 is 0 Å². The van der Waals surface area contributed by atoms with E-state index in [-0.39, 0.29) is 18.2 Å². The molecular weight excluding hydrogens is 229 g/mol. The number of ether oxygens (including phenoxy) is 1. The smallest absolute Gasteiger partial charge is 0.168 e. The maximum Gasteiger partial charge on any atom is 0.168 e. The van der Waals surface area contributed by atoms with E-state index >= 15 is 0 Å². The van der Waals surface area contributed by atoms with E-state index in [0.29, 0.717) is 36.8 Å². The molecule has 0 spiro atoms. The first-order chi connectivity index (χ1) is 7.31. The molecule has 2 rings (SSSR count). The third-order valence-corrected chi connectivity index (χ3v) is 2.63. The number of benzene rings is 1. The second kappa shape index (κ2) is 6.06. The molecule has 0 radical (unpaired) electrons. The van der Waals surface area contributed by atoms with Crippen LogP contribution in [0.5, 0.6) is 5.75 Å². The predicted molar refractivity (Wildman–Crippen MR) is 64.6 cm³/mol. The normalized spacial score (nSPS) is 14.4. The van der Waals surface area contributed by atoms with Crippen LogP contribution < -0.4 is 10.5 Å². The van der Waals surface area contributed by atoms with Crippen molar-refractivity contribution < 1.29 is 9.13 Å². The van der Waals surface area contributed by atoms with Crippen LogP contribution in [0.4, 0.5) is 4.39 Å². The molecule has 1 saturated carbocycles. The van der Waals surface area contributed by atoms with Crippen LogP contribution in [-0.2, 0) is 6.42 Å². The summed E-state index contributed by atoms with van der Waals surface area (Å²) in [5.74, 6) is 0.763. The minimum atomic E-state index is -0.247. The standard InChI is InChI=1S/C12H16FNO.ClH/c13-12-10(6-7-14)2-1-3-11(12)15-8-9-4-5-9;/h1-3,9H,4-8,14H2;1H. The third kappa shape index (κ3) is 3.35. The molecule has 0 bridgehead atoms. The number of halogens is 2. The van der Waals surface area contributed by atoms with Crippen LogP contribution in [0.2, 0.25) is 0 Å². The second-order valence-corrected chi connectivity index (χ2v) is 4.02. The zero-order chi connectivity index (χ0) is 10.7. The lowest BCUT2D eigenvalue weighted by molar-refractivity contribution is 0.284. The molecular formula is C12H17ClFNO. The van der Waals surface area contributed by atoms with E-state index in [1.165, 1.54) is 12.8 Å². The van der Waals surface area contributed by atoms with Gasteiger partial charge in [0.2, 0.25) is 0 Å². The maximum atomic E-state index is 13.7. The van der Waals surface area contributed by atoms with Crippen molar-refractivity contribution in [2.75, 3.05) is 13.2 Å². The second-order valence-electron chi connectivity index (χ2n) is 4.02. The summed E-state index contributed by atoms with van der Waals surface area (Å²) >= 11 is 0. The summed E-state index contributed by atoms with van der Waals surface area (Å²) in [6, 6.07) is 5.25. The molecule has 1 aromatic carbocycles. The summed E-state index contributed by atoms with van der Waals surface area (Å²) in [5.41, 5.74) is 6.05. The van der Waals surface area contributed by atoms with Crippen LogP contribution in [0, 0.1) is 11.7 Å². The Morgan fingerprint density at radius 1 is 1.38 bits per heavy atom. The fourth-order valence-corrected chi connectivity index (χ4v) is 1.51. The van der Waals surface area contributed by atoms with Crippen molar-refractivity contribution in [2.45, 2.75) is 19.3 Å². The molecule has 0 atom stereocenters. The van der Waals surface area contributed by atoms with Crippen LogP contribution in [-0.4, -0.2) is 13.2 Å². The molecule has 1 aromatic rings. The molecule has 0 aliphatic heterocycles. The summed E-state index contributed by atoms with van der Waals surface area (Å²) in [4.78, 5) is 0. The van der Waals surface area contributed by atoms with E-state index in [1.54, 1.807) is 12.1 Å². The average molecular weight is 246 g/mol. The highest BCUT2D eigenvalue weighted by molar-refractivity contribution is 5.85. The first kappa shape index (κ1) is 13.3. The molecule has 16 heavy (non-hydrogen) atoms. The first-order valence-electron chi connectivity index (χ1n) is 5.41. The Kier molecular flexibility index (Phi) is 5.03. The van der Waals surface area contributed by atoms with Crippen LogP contribution in [0.3, 0.4) is 0 Å². The van der Waals surface area contributed by atoms with E-state index in [9.17, 15) is 4.39 Å². The Hall–Kier alpha value is -0.800. The van der Waals surface area contributed by atoms with Gasteiger partial charge in [-0.25, -0.2) is 4.39 Å². The summed E-state index contributed by atoms with van der Waals surface area (Å²) in [7, 11) is 0. The SMILES string of the molecule is Cl.NCCc1cccc(OCC2CC2)c1F. The number of rotatable bonds is 5. The minimum absolute atomic E-state index is 0. The molecule has 1 aliphatic rings. The van der Waals surface area contributed by atoms with Gasteiger partial charge in [-0.2, -0.15) is 0 Å². The van der Waals surface area contributed by atoms with Gasteiger partial charge in [0.05, 0.1) is 6.61 Å². The number of nitrogens with two attached hydrogens (primary N) is 1. The Morgan fingerprint density at radius 3 is 2.75 bits per heavy atom. The lowest BCUT2D eigenvalue weighted by atomic mass is 10.1. The van der Waals surface area contributed by atoms with Gasteiger partial charge in [-0.05, 0) is 43.4 Å². The Balaban J connectivity index is 0.00000128. The van der Waals surface area contributed by atoms with Crippen molar-refractivity contribution in [3.8, 4) is 5.75 Å². The van der Waals surface area contributed by atoms with Crippen molar-refractivity contribution >= 4 is 12.4 Å². The number of hydrogen-bond acceptors (Lipinski definition) is 2. The summed E-state index contributed by atoms with van der Waals surface area (Å²) in [6.45, 7) is 1.10. The quantitative estimate of drug-likeness (QED) is 0.865. The zero-order valence-electron chi connectivity index (χ0n) is 9.12. The topological polar surface area (TPSA) is 35.2 Å². The maximum absolute atomic E-state index is 13.7. The molecule has 0 unspecified atom stereocenters. The van der Waals surface area contributed by atoms with Crippen molar-refractivity contribution in [1.82, 2.24) is 0 Å². The van der Waals surface area contributed by atoms with E-state index in [1.807, 2.05) is 6.07 Å². The zero-order valence-corrected chi connectivity index (χ0v) is 9.93. The molecule has 0 saturated heterocycles. The molecule has 1 aliphatic carbocycles. The molecule has 2 nitrogen and oxygen atoms in total. The van der Waals surface area contributed by atoms with E-state index in [2.05, 4.69) is 0 Å². The summed E-state index contributed by atoms with van der Waals surface area (Å²) < 4.78 is 19.2. The highest BCUT2D eigenvalue weighted by Gasteiger charge is 2.22. The molecule has 1 fully saturated rings. The van der Waals surface area contributed by atoms with Crippen molar-refractivity contribution in [1.29, 1.82) is 0 Å². The molecule has 0 amide bonds. The van der Waals surface area contributed by atoms with Gasteiger partial charge in [0.1, 0.15) is 0 Å². The monoisotopic (exact) mass is 245 g/mol. The third-order valence-electron chi connectivity index (χ3n) is 2.63. The van der Waals surface area contributed by atoms with Gasteiger partial charge < -0.3 is 10.5 Å². The van der Waals surface area contributed by atoms with Gasteiger partial charge in [0.15, 0.2) is 11.6 Å². The molecule has 2 N–H and O–H groups in total. The summed E-state index contributed by atoms with van der Waals surface area (Å²) in [6.07, 6.45) is 2.99. The van der Waals surface area contributed by atoms with Crippen LogP contribution in [0.15, 0.2) is 18.2 Å². The predicted octanol–water partition coefficient (Wildman–Crippen LogP) is 2.54. The van der Waals surface area contributed by atoms with Crippen LogP contribution in [0.1, 0.15) is 18.4 Å². The molecule has 0 heterocycles. The number of hydrogen-bond donors (Lipinski definition) is 1. The molecule has 90 valence electrons. The van der Waals surface area contributed by atoms with Gasteiger partial charge in [0.25, 0.3) is 0 Å². The van der Waals surface area contributed by atoms with Gasteiger partial charge in [-0.1, -0.05) is 12.1 Å². The largest absolute Gasteiger partial charge is 0.490 e. The summed E-state index contributed by atoms with van der Waals surface area (Å²) in [5, 5.41) is 0. The average Bonchev–Trinajstić information content (AvgIpc) is 3.03. The van der Waals surface area contributed by atoms with Crippen molar-refractivity contribution in [3.05, 3.63) is 29.6 Å². The Labute approximate surface area is 101 Å². The molecule has 4 heteroatoms. The molecule has 0 aromatic heterocycles. The van der Waals surface area contributed by atoms with Gasteiger partial charge in [0, 0.05) is 0 Å². The first-order valence-corrected chi connectivity index (χ1v) is 5.41. The Bertz CT molecular complexity index is 342. The van der Waals surface area contributed by atoms with Gasteiger partial charge in [-0.15, -0.1) is 12.4 Å². The van der Waals surface area contributed by atoms with E-state index in [4.69, 9.17) is 10.5 Å².